The smallest absolute Gasteiger partial charge is 0.263 e. The highest BCUT2D eigenvalue weighted by Crippen LogP contribution is 2.45. The largest absolute Gasteiger partial charge is 0.491 e. The molecule has 0 saturated heterocycles. The summed E-state index contributed by atoms with van der Waals surface area (Å²) in [5.41, 5.74) is 3.87. The van der Waals surface area contributed by atoms with E-state index in [1.807, 2.05) is 43.9 Å². The average Bonchev–Trinajstić information content (AvgIpc) is 3.22. The second kappa shape index (κ2) is 16.0. The number of carbonyl (C=O) groups excluding carboxylic acids is 2. The zero-order chi connectivity index (χ0) is 33.7. The molecular formula is C38H52ClN3O4S. The predicted octanol–water partition coefficient (Wildman–Crippen LogP) is 7.55. The SMILES string of the molecule is CCCc1cc(Cl)ccc1C1COc2ccc3cc2N(C1)CC1CCC1C(CC(=O)N(CC)CC)/C=C/CC(C)C(C)S(=O)NC3=O. The van der Waals surface area contributed by atoms with E-state index in [4.69, 9.17) is 16.3 Å². The molecule has 7 unspecified atom stereocenters. The molecule has 1 aliphatic carbocycles. The number of aryl methyl sites for hydroxylation is 1. The van der Waals surface area contributed by atoms with E-state index < -0.39 is 11.0 Å². The van der Waals surface area contributed by atoms with E-state index in [0.29, 0.717) is 43.5 Å². The van der Waals surface area contributed by atoms with Crippen LogP contribution in [0.25, 0.3) is 0 Å². The van der Waals surface area contributed by atoms with Crippen molar-refractivity contribution < 1.29 is 18.5 Å². The van der Waals surface area contributed by atoms with E-state index in [9.17, 15) is 13.8 Å². The number of benzene rings is 2. The fourth-order valence-corrected chi connectivity index (χ4v) is 8.72. The summed E-state index contributed by atoms with van der Waals surface area (Å²) in [6.07, 6.45) is 9.84. The lowest BCUT2D eigenvalue weighted by Crippen LogP contribution is -2.43. The summed E-state index contributed by atoms with van der Waals surface area (Å²) < 4.78 is 22.6. The summed E-state index contributed by atoms with van der Waals surface area (Å²) in [7, 11) is -1.55. The van der Waals surface area contributed by atoms with E-state index in [-0.39, 0.29) is 34.8 Å². The maximum Gasteiger partial charge on any atom is 0.263 e. The second-order valence-corrected chi connectivity index (χ2v) is 15.7. The first-order valence-electron chi connectivity index (χ1n) is 17.6. The van der Waals surface area contributed by atoms with Gasteiger partial charge in [-0.1, -0.05) is 50.1 Å². The lowest BCUT2D eigenvalue weighted by Gasteiger charge is -2.44. The minimum absolute atomic E-state index is 0.0925. The number of amides is 2. The molecule has 5 rings (SSSR count). The van der Waals surface area contributed by atoms with Gasteiger partial charge in [0, 0.05) is 49.1 Å². The van der Waals surface area contributed by atoms with Crippen LogP contribution in [0.4, 0.5) is 5.69 Å². The Morgan fingerprint density at radius 1 is 1.09 bits per heavy atom. The highest BCUT2D eigenvalue weighted by Gasteiger charge is 2.39. The summed E-state index contributed by atoms with van der Waals surface area (Å²) in [4.78, 5) is 31.2. The Hall–Kier alpha value is -2.84. The molecule has 0 aromatic heterocycles. The first-order chi connectivity index (χ1) is 22.6. The van der Waals surface area contributed by atoms with Crippen molar-refractivity contribution in [1.29, 1.82) is 0 Å². The van der Waals surface area contributed by atoms with Gasteiger partial charge in [-0.25, -0.2) is 4.21 Å². The van der Waals surface area contributed by atoms with Crippen LogP contribution < -0.4 is 14.4 Å². The number of ether oxygens (including phenoxy) is 1. The monoisotopic (exact) mass is 681 g/mol. The Kier molecular flexibility index (Phi) is 12.1. The molecule has 2 aromatic rings. The third kappa shape index (κ3) is 8.25. The van der Waals surface area contributed by atoms with Crippen molar-refractivity contribution in [3.05, 3.63) is 70.3 Å². The first kappa shape index (κ1) is 35.5. The number of nitrogens with zero attached hydrogens (tertiary/aromatic N) is 2. The van der Waals surface area contributed by atoms with E-state index in [2.05, 4.69) is 47.8 Å². The van der Waals surface area contributed by atoms with E-state index in [1.54, 1.807) is 6.07 Å². The third-order valence-electron chi connectivity index (χ3n) is 10.7. The van der Waals surface area contributed by atoms with Crippen LogP contribution in [0.1, 0.15) is 94.1 Å². The van der Waals surface area contributed by atoms with Gasteiger partial charge in [-0.05, 0) is 112 Å². The van der Waals surface area contributed by atoms with Gasteiger partial charge in [0.05, 0.1) is 17.5 Å². The molecule has 2 aromatic carbocycles. The molecule has 1 N–H and O–H groups in total. The molecule has 2 bridgehead atoms. The van der Waals surface area contributed by atoms with Crippen molar-refractivity contribution in [2.45, 2.75) is 84.3 Å². The Labute approximate surface area is 289 Å². The van der Waals surface area contributed by atoms with Gasteiger partial charge in [0.25, 0.3) is 5.91 Å². The maximum atomic E-state index is 13.4. The van der Waals surface area contributed by atoms with Gasteiger partial charge in [-0.15, -0.1) is 0 Å². The fourth-order valence-electron chi connectivity index (χ4n) is 7.51. The molecule has 47 heavy (non-hydrogen) atoms. The highest BCUT2D eigenvalue weighted by molar-refractivity contribution is 7.84. The molecule has 9 heteroatoms. The van der Waals surface area contributed by atoms with Crippen molar-refractivity contribution in [1.82, 2.24) is 9.62 Å². The van der Waals surface area contributed by atoms with Crippen LogP contribution in [0, 0.1) is 23.7 Å². The number of anilines is 1. The second-order valence-electron chi connectivity index (χ2n) is 13.7. The van der Waals surface area contributed by atoms with Crippen LogP contribution in [-0.2, 0) is 22.2 Å². The van der Waals surface area contributed by atoms with Gasteiger partial charge in [-0.3, -0.25) is 14.3 Å². The van der Waals surface area contributed by atoms with E-state index >= 15 is 0 Å². The van der Waals surface area contributed by atoms with Crippen LogP contribution in [0.5, 0.6) is 5.75 Å². The summed E-state index contributed by atoms with van der Waals surface area (Å²) in [6.45, 7) is 13.8. The summed E-state index contributed by atoms with van der Waals surface area (Å²) in [5.74, 6) is 1.74. The Bertz CT molecular complexity index is 1480. The molecule has 7 atom stereocenters. The number of allylic oxidation sites excluding steroid dienone is 2. The van der Waals surface area contributed by atoms with Gasteiger partial charge >= 0.3 is 0 Å². The first-order valence-corrected chi connectivity index (χ1v) is 19.2. The number of carbonyl (C=O) groups is 2. The fraction of sp³-hybridized carbons (Fsp3) is 0.579. The molecule has 1 fully saturated rings. The van der Waals surface area contributed by atoms with Crippen molar-refractivity contribution in [3.8, 4) is 5.75 Å². The van der Waals surface area contributed by atoms with Crippen LogP contribution >= 0.6 is 11.6 Å². The van der Waals surface area contributed by atoms with Crippen molar-refractivity contribution in [2.75, 3.05) is 37.7 Å². The Balaban J connectivity index is 1.53. The Morgan fingerprint density at radius 3 is 2.57 bits per heavy atom. The maximum absolute atomic E-state index is 13.4. The average molecular weight is 682 g/mol. The quantitative estimate of drug-likeness (QED) is 0.305. The molecule has 7 nitrogen and oxygen atoms in total. The lowest BCUT2D eigenvalue weighted by atomic mass is 9.65. The summed E-state index contributed by atoms with van der Waals surface area (Å²) in [6, 6.07) is 11.8. The Morgan fingerprint density at radius 2 is 1.87 bits per heavy atom. The number of fused-ring (bicyclic) bond motifs is 2. The predicted molar refractivity (Wildman–Crippen MR) is 193 cm³/mol. The van der Waals surface area contributed by atoms with Gasteiger partial charge < -0.3 is 14.5 Å². The zero-order valence-corrected chi connectivity index (χ0v) is 30.2. The highest BCUT2D eigenvalue weighted by atomic mass is 35.5. The molecule has 256 valence electrons. The van der Waals surface area contributed by atoms with Crippen molar-refractivity contribution >= 4 is 40.1 Å². The van der Waals surface area contributed by atoms with Gasteiger partial charge in [0.2, 0.25) is 5.91 Å². The number of halogens is 1. The molecule has 0 spiro atoms. The molecule has 1 saturated carbocycles. The molecular weight excluding hydrogens is 630 g/mol. The van der Waals surface area contributed by atoms with Crippen LogP contribution in [0.2, 0.25) is 5.02 Å². The van der Waals surface area contributed by atoms with Crippen LogP contribution in [0.15, 0.2) is 48.6 Å². The van der Waals surface area contributed by atoms with Gasteiger partial charge in [-0.2, -0.15) is 0 Å². The molecule has 2 amide bonds. The van der Waals surface area contributed by atoms with Gasteiger partial charge in [0.15, 0.2) is 0 Å². The van der Waals surface area contributed by atoms with Crippen LogP contribution in [0.3, 0.4) is 0 Å². The van der Waals surface area contributed by atoms with Crippen LogP contribution in [-0.4, -0.2) is 59.0 Å². The minimum Gasteiger partial charge on any atom is -0.491 e. The zero-order valence-electron chi connectivity index (χ0n) is 28.7. The number of rotatable bonds is 7. The standard InChI is InChI=1S/C38H52ClN3O4S/c1-6-10-27-19-32(39)15-17-34(27)31-23-42-22-30-13-16-33(30)28(21-37(43)41(7-2)8-3)12-9-11-25(4)26(5)47(45)40-38(44)29-14-18-36(46-24-31)35(42)20-29/h9,12,14-15,17-20,25-26,28,30-31,33H,6-8,10-11,13,16,21-24H2,1-5H3,(H,40,44)/b12-9+. The number of hydrogen-bond acceptors (Lipinski definition) is 5. The summed E-state index contributed by atoms with van der Waals surface area (Å²) >= 11 is 6.45. The van der Waals surface area contributed by atoms with Crippen molar-refractivity contribution in [2.24, 2.45) is 23.7 Å². The number of hydrogen-bond donors (Lipinski definition) is 1. The van der Waals surface area contributed by atoms with E-state index in [0.717, 1.165) is 61.7 Å². The molecule has 0 radical (unpaired) electrons. The van der Waals surface area contributed by atoms with Gasteiger partial charge in [0.1, 0.15) is 16.7 Å². The third-order valence-corrected chi connectivity index (χ3v) is 12.5. The topological polar surface area (TPSA) is 79.0 Å². The lowest BCUT2D eigenvalue weighted by molar-refractivity contribution is -0.132. The molecule has 2 heterocycles. The molecule has 2 aliphatic heterocycles. The van der Waals surface area contributed by atoms with E-state index in [1.165, 1.54) is 11.1 Å². The minimum atomic E-state index is -1.55. The van der Waals surface area contributed by atoms with Crippen molar-refractivity contribution in [3.63, 3.8) is 0 Å². The normalized spacial score (nSPS) is 28.6. The molecule has 3 aliphatic rings. The summed E-state index contributed by atoms with van der Waals surface area (Å²) in [5, 5.41) is 0.509. The number of nitrogens with one attached hydrogen (secondary N) is 1.